The molecule has 3 aromatic rings. The zero-order valence-electron chi connectivity index (χ0n) is 15.2. The number of nitrogens with zero attached hydrogens (tertiary/aromatic N) is 4. The largest absolute Gasteiger partial charge is 0.300 e. The average Bonchev–Trinajstić information content (AvgIpc) is 3.18. The highest BCUT2D eigenvalue weighted by molar-refractivity contribution is 7.15. The lowest BCUT2D eigenvalue weighted by Gasteiger charge is -2.26. The van der Waals surface area contributed by atoms with Crippen LogP contribution in [0.15, 0.2) is 42.5 Å². The molecule has 0 aliphatic heterocycles. The second-order valence-corrected chi connectivity index (χ2v) is 8.39. The van der Waals surface area contributed by atoms with Crippen molar-refractivity contribution in [3.8, 4) is 0 Å². The molecule has 1 aliphatic carbocycles. The fourth-order valence-corrected chi connectivity index (χ4v) is 4.63. The van der Waals surface area contributed by atoms with Crippen LogP contribution in [0.25, 0.3) is 0 Å². The molecule has 4 rings (SSSR count). The van der Waals surface area contributed by atoms with E-state index in [4.69, 9.17) is 11.6 Å². The second-order valence-electron chi connectivity index (χ2n) is 7.00. The van der Waals surface area contributed by atoms with E-state index in [-0.39, 0.29) is 5.91 Å². The zero-order chi connectivity index (χ0) is 19.3. The summed E-state index contributed by atoms with van der Waals surface area (Å²) < 4.78 is 0. The van der Waals surface area contributed by atoms with Crippen molar-refractivity contribution in [2.24, 2.45) is 0 Å². The number of carbonyl (C=O) groups excluding carboxylic acids is 1. The van der Waals surface area contributed by atoms with Crippen LogP contribution < -0.4 is 5.32 Å². The number of aromatic nitrogens is 4. The first-order chi connectivity index (χ1) is 13.7. The predicted octanol–water partition coefficient (Wildman–Crippen LogP) is 4.60. The Morgan fingerprint density at radius 3 is 2.64 bits per heavy atom. The van der Waals surface area contributed by atoms with Crippen LogP contribution in [0, 0.1) is 0 Å². The van der Waals surface area contributed by atoms with E-state index >= 15 is 0 Å². The number of hydrogen-bond acceptors (Lipinski definition) is 6. The number of halogens is 1. The SMILES string of the molecule is O=C(Cc1ccccc1)Nc1nnc([C@@H]2CCC[C@H](c3ccc(Cl)nn3)C2)s1. The van der Waals surface area contributed by atoms with Crippen LogP contribution in [0.2, 0.25) is 5.15 Å². The molecule has 1 aliphatic rings. The van der Waals surface area contributed by atoms with Crippen molar-refractivity contribution >= 4 is 34.0 Å². The lowest BCUT2D eigenvalue weighted by molar-refractivity contribution is -0.115. The Labute approximate surface area is 172 Å². The molecular weight excluding hydrogens is 394 g/mol. The van der Waals surface area contributed by atoms with Gasteiger partial charge in [-0.3, -0.25) is 4.79 Å². The van der Waals surface area contributed by atoms with Crippen LogP contribution >= 0.6 is 22.9 Å². The minimum atomic E-state index is -0.0770. The Hall–Kier alpha value is -2.38. The van der Waals surface area contributed by atoms with E-state index < -0.39 is 0 Å². The van der Waals surface area contributed by atoms with E-state index in [9.17, 15) is 4.79 Å². The number of rotatable bonds is 5. The smallest absolute Gasteiger partial charge is 0.230 e. The van der Waals surface area contributed by atoms with E-state index in [1.165, 1.54) is 11.3 Å². The third kappa shape index (κ3) is 4.72. The molecule has 0 bridgehead atoms. The zero-order valence-corrected chi connectivity index (χ0v) is 16.8. The van der Waals surface area contributed by atoms with E-state index in [1.54, 1.807) is 6.07 Å². The Balaban J connectivity index is 1.38. The van der Waals surface area contributed by atoms with Gasteiger partial charge in [-0.25, -0.2) is 0 Å². The average molecular weight is 414 g/mol. The minimum absolute atomic E-state index is 0.0770. The van der Waals surface area contributed by atoms with Crippen LogP contribution in [0.4, 0.5) is 5.13 Å². The molecule has 0 saturated heterocycles. The van der Waals surface area contributed by atoms with Gasteiger partial charge in [0.25, 0.3) is 0 Å². The maximum absolute atomic E-state index is 12.2. The molecule has 2 heterocycles. The van der Waals surface area contributed by atoms with Gasteiger partial charge < -0.3 is 5.32 Å². The fraction of sp³-hybridized carbons (Fsp3) is 0.350. The minimum Gasteiger partial charge on any atom is -0.300 e. The first-order valence-corrected chi connectivity index (χ1v) is 10.5. The number of carbonyl (C=O) groups is 1. The van der Waals surface area contributed by atoms with Gasteiger partial charge >= 0.3 is 0 Å². The van der Waals surface area contributed by atoms with Gasteiger partial charge in [0.2, 0.25) is 11.0 Å². The van der Waals surface area contributed by atoms with E-state index in [0.717, 1.165) is 41.9 Å². The van der Waals surface area contributed by atoms with Crippen LogP contribution in [0.3, 0.4) is 0 Å². The van der Waals surface area contributed by atoms with Gasteiger partial charge in [0, 0.05) is 11.8 Å². The summed E-state index contributed by atoms with van der Waals surface area (Å²) >= 11 is 7.31. The third-order valence-electron chi connectivity index (χ3n) is 4.99. The summed E-state index contributed by atoms with van der Waals surface area (Å²) in [6, 6.07) is 13.4. The molecule has 1 fully saturated rings. The molecule has 6 nitrogen and oxygen atoms in total. The molecule has 1 N–H and O–H groups in total. The summed E-state index contributed by atoms with van der Waals surface area (Å²) in [5.74, 6) is 0.601. The van der Waals surface area contributed by atoms with Crippen molar-refractivity contribution in [3.63, 3.8) is 0 Å². The molecule has 8 heteroatoms. The summed E-state index contributed by atoms with van der Waals surface area (Å²) in [7, 11) is 0. The van der Waals surface area contributed by atoms with Crippen molar-refractivity contribution < 1.29 is 4.79 Å². The molecule has 1 amide bonds. The number of anilines is 1. The van der Waals surface area contributed by atoms with Gasteiger partial charge in [0.15, 0.2) is 5.15 Å². The highest BCUT2D eigenvalue weighted by Crippen LogP contribution is 2.41. The monoisotopic (exact) mass is 413 g/mol. The van der Waals surface area contributed by atoms with Crippen molar-refractivity contribution in [2.75, 3.05) is 5.32 Å². The molecule has 1 aromatic carbocycles. The van der Waals surface area contributed by atoms with Crippen molar-refractivity contribution in [1.82, 2.24) is 20.4 Å². The Morgan fingerprint density at radius 1 is 1.04 bits per heavy atom. The molecule has 2 atom stereocenters. The predicted molar refractivity (Wildman–Crippen MR) is 110 cm³/mol. The highest BCUT2D eigenvalue weighted by Gasteiger charge is 2.28. The van der Waals surface area contributed by atoms with Gasteiger partial charge in [-0.15, -0.1) is 15.3 Å². The van der Waals surface area contributed by atoms with E-state index in [0.29, 0.717) is 28.5 Å². The molecule has 0 unspecified atom stereocenters. The summed E-state index contributed by atoms with van der Waals surface area (Å²) in [6.45, 7) is 0. The fourth-order valence-electron chi connectivity index (χ4n) is 3.62. The quantitative estimate of drug-likeness (QED) is 0.660. The van der Waals surface area contributed by atoms with Gasteiger partial charge in [-0.05, 0) is 37.0 Å². The maximum Gasteiger partial charge on any atom is 0.230 e. The van der Waals surface area contributed by atoms with Crippen molar-refractivity contribution in [2.45, 2.75) is 43.9 Å². The molecule has 1 saturated carbocycles. The van der Waals surface area contributed by atoms with E-state index in [2.05, 4.69) is 25.7 Å². The number of nitrogens with one attached hydrogen (secondary N) is 1. The topological polar surface area (TPSA) is 80.7 Å². The molecule has 2 aromatic heterocycles. The second kappa shape index (κ2) is 8.75. The lowest BCUT2D eigenvalue weighted by atomic mass is 9.80. The number of hydrogen-bond donors (Lipinski definition) is 1. The van der Waals surface area contributed by atoms with Crippen LogP contribution in [-0.2, 0) is 11.2 Å². The van der Waals surface area contributed by atoms with Crippen molar-refractivity contribution in [3.05, 3.63) is 63.9 Å². The van der Waals surface area contributed by atoms with Crippen LogP contribution in [0.1, 0.15) is 53.8 Å². The highest BCUT2D eigenvalue weighted by atomic mass is 35.5. The Kier molecular flexibility index (Phi) is 5.92. The van der Waals surface area contributed by atoms with Gasteiger partial charge in [-0.1, -0.05) is 59.7 Å². The summed E-state index contributed by atoms with van der Waals surface area (Å²) in [6.07, 6.45) is 4.56. The lowest BCUT2D eigenvalue weighted by Crippen LogP contribution is -2.14. The standard InChI is InChI=1S/C20H20ClN5OS/c21-17-10-9-16(23-24-17)14-7-4-8-15(12-14)19-25-26-20(28-19)22-18(27)11-13-5-2-1-3-6-13/h1-3,5-6,9-10,14-15H,4,7-8,11-12H2,(H,22,26,27)/t14-,15+/m0/s1. The van der Waals surface area contributed by atoms with E-state index in [1.807, 2.05) is 36.4 Å². The molecule has 28 heavy (non-hydrogen) atoms. The molecule has 0 radical (unpaired) electrons. The maximum atomic E-state index is 12.2. The third-order valence-corrected chi connectivity index (χ3v) is 6.19. The van der Waals surface area contributed by atoms with Gasteiger partial charge in [-0.2, -0.15) is 5.10 Å². The number of benzene rings is 1. The van der Waals surface area contributed by atoms with Crippen LogP contribution in [-0.4, -0.2) is 26.3 Å². The Morgan fingerprint density at radius 2 is 1.86 bits per heavy atom. The van der Waals surface area contributed by atoms with Gasteiger partial charge in [0.05, 0.1) is 12.1 Å². The molecule has 0 spiro atoms. The first-order valence-electron chi connectivity index (χ1n) is 9.33. The number of amides is 1. The summed E-state index contributed by atoms with van der Waals surface area (Å²) in [5, 5.41) is 21.5. The first kappa shape index (κ1) is 19.0. The van der Waals surface area contributed by atoms with Crippen LogP contribution in [0.5, 0.6) is 0 Å². The van der Waals surface area contributed by atoms with Crippen molar-refractivity contribution in [1.29, 1.82) is 0 Å². The summed E-state index contributed by atoms with van der Waals surface area (Å²) in [5.41, 5.74) is 1.96. The molecular formula is C20H20ClN5OS. The molecule has 144 valence electrons. The normalized spacial score (nSPS) is 19.3. The summed E-state index contributed by atoms with van der Waals surface area (Å²) in [4.78, 5) is 12.2. The Bertz CT molecular complexity index is 931. The van der Waals surface area contributed by atoms with Gasteiger partial charge in [0.1, 0.15) is 5.01 Å².